The van der Waals surface area contributed by atoms with Gasteiger partial charge in [-0.3, -0.25) is 0 Å². The molecule has 0 aromatic carbocycles. The number of nitrogens with two attached hydrogens (primary N) is 1. The van der Waals surface area contributed by atoms with E-state index in [4.69, 9.17) is 10.5 Å². The number of rotatable bonds is 3. The Balaban J connectivity index is 2.09. The molecule has 0 saturated carbocycles. The average molecular weight is 210 g/mol. The van der Waals surface area contributed by atoms with Crippen LogP contribution in [0.25, 0.3) is 0 Å². The van der Waals surface area contributed by atoms with Gasteiger partial charge in [0, 0.05) is 19.0 Å². The van der Waals surface area contributed by atoms with Crippen LogP contribution in [0.15, 0.2) is 0 Å². The predicted octanol–water partition coefficient (Wildman–Crippen LogP) is 0.477. The molecule has 0 radical (unpaired) electrons. The molecule has 2 rings (SSSR count). The molecule has 2 heterocycles. The predicted molar refractivity (Wildman–Crippen MR) is 56.2 cm³/mol. The summed E-state index contributed by atoms with van der Waals surface area (Å²) in [4.78, 5) is 0. The minimum atomic E-state index is 0.218. The number of hydrogen-bond acceptors (Lipinski definition) is 4. The lowest BCUT2D eigenvalue weighted by Gasteiger charge is -2.20. The Labute approximate surface area is 89.6 Å². The topological polar surface area (TPSA) is 66.0 Å². The molecule has 5 heteroatoms. The molecule has 1 atom stereocenters. The van der Waals surface area contributed by atoms with Crippen LogP contribution < -0.4 is 5.73 Å². The second-order valence-corrected chi connectivity index (χ2v) is 4.30. The van der Waals surface area contributed by atoms with E-state index in [9.17, 15) is 0 Å². The number of aryl methyl sites for hydroxylation is 1. The van der Waals surface area contributed by atoms with Gasteiger partial charge in [0.05, 0.1) is 6.10 Å². The molecule has 0 amide bonds. The van der Waals surface area contributed by atoms with Crippen molar-refractivity contribution in [1.82, 2.24) is 14.8 Å². The fraction of sp³-hybridized carbons (Fsp3) is 0.800. The van der Waals surface area contributed by atoms with Crippen molar-refractivity contribution >= 4 is 0 Å². The second kappa shape index (κ2) is 4.28. The molecule has 15 heavy (non-hydrogen) atoms. The highest BCUT2D eigenvalue weighted by molar-refractivity contribution is 5.00. The monoisotopic (exact) mass is 210 g/mol. The SMILES string of the molecule is CC(C)OCc1nnc2n1CC(N)CC2. The molecule has 0 fully saturated rings. The van der Waals surface area contributed by atoms with E-state index in [0.29, 0.717) is 6.61 Å². The van der Waals surface area contributed by atoms with Crippen molar-refractivity contribution in [2.75, 3.05) is 0 Å². The first-order valence-electron chi connectivity index (χ1n) is 5.45. The van der Waals surface area contributed by atoms with Crippen LogP contribution in [0.2, 0.25) is 0 Å². The smallest absolute Gasteiger partial charge is 0.159 e. The maximum atomic E-state index is 5.92. The lowest BCUT2D eigenvalue weighted by Crippen LogP contribution is -2.32. The first-order valence-corrected chi connectivity index (χ1v) is 5.45. The number of fused-ring (bicyclic) bond motifs is 1. The first-order chi connectivity index (χ1) is 7.16. The van der Waals surface area contributed by atoms with Crippen molar-refractivity contribution in [2.24, 2.45) is 5.73 Å². The maximum Gasteiger partial charge on any atom is 0.159 e. The third kappa shape index (κ3) is 2.35. The zero-order valence-electron chi connectivity index (χ0n) is 9.31. The summed E-state index contributed by atoms with van der Waals surface area (Å²) in [5.74, 6) is 1.94. The van der Waals surface area contributed by atoms with Crippen LogP contribution in [0.1, 0.15) is 31.9 Å². The van der Waals surface area contributed by atoms with Gasteiger partial charge in [-0.25, -0.2) is 0 Å². The lowest BCUT2D eigenvalue weighted by atomic mass is 10.1. The highest BCUT2D eigenvalue weighted by atomic mass is 16.5. The quantitative estimate of drug-likeness (QED) is 0.788. The third-order valence-corrected chi connectivity index (χ3v) is 2.61. The molecule has 0 spiro atoms. The van der Waals surface area contributed by atoms with E-state index in [1.807, 2.05) is 13.8 Å². The highest BCUT2D eigenvalue weighted by Crippen LogP contribution is 2.14. The molecule has 1 aromatic heterocycles. The van der Waals surface area contributed by atoms with E-state index in [1.54, 1.807) is 0 Å². The third-order valence-electron chi connectivity index (χ3n) is 2.61. The highest BCUT2D eigenvalue weighted by Gasteiger charge is 2.20. The van der Waals surface area contributed by atoms with Crippen LogP contribution in [0.4, 0.5) is 0 Å². The molecule has 0 saturated heterocycles. The molecule has 1 aliphatic rings. The van der Waals surface area contributed by atoms with Gasteiger partial charge in [-0.15, -0.1) is 10.2 Å². The van der Waals surface area contributed by atoms with E-state index < -0.39 is 0 Å². The standard InChI is InChI=1S/C10H18N4O/c1-7(2)15-6-10-13-12-9-4-3-8(11)5-14(9)10/h7-8H,3-6,11H2,1-2H3. The first kappa shape index (κ1) is 10.6. The summed E-state index contributed by atoms with van der Waals surface area (Å²) in [6, 6.07) is 0.228. The van der Waals surface area contributed by atoms with E-state index >= 15 is 0 Å². The van der Waals surface area contributed by atoms with Gasteiger partial charge < -0.3 is 15.0 Å². The Hall–Kier alpha value is -0.940. The average Bonchev–Trinajstić information content (AvgIpc) is 2.57. The van der Waals surface area contributed by atoms with E-state index in [2.05, 4.69) is 14.8 Å². The van der Waals surface area contributed by atoms with E-state index in [1.165, 1.54) is 0 Å². The van der Waals surface area contributed by atoms with Gasteiger partial charge in [0.25, 0.3) is 0 Å². The molecule has 84 valence electrons. The van der Waals surface area contributed by atoms with Crippen LogP contribution in [0.3, 0.4) is 0 Å². The minimum absolute atomic E-state index is 0.218. The van der Waals surface area contributed by atoms with Crippen LogP contribution in [0.5, 0.6) is 0 Å². The fourth-order valence-electron chi connectivity index (χ4n) is 1.76. The Morgan fingerprint density at radius 2 is 2.33 bits per heavy atom. The van der Waals surface area contributed by atoms with Crippen LogP contribution in [-0.2, 0) is 24.3 Å². The lowest BCUT2D eigenvalue weighted by molar-refractivity contribution is 0.0588. The molecule has 5 nitrogen and oxygen atoms in total. The summed E-state index contributed by atoms with van der Waals surface area (Å²) in [6.45, 7) is 5.37. The summed E-state index contributed by atoms with van der Waals surface area (Å²) in [6.07, 6.45) is 2.15. The van der Waals surface area contributed by atoms with Gasteiger partial charge in [-0.2, -0.15) is 0 Å². The molecule has 1 aromatic rings. The van der Waals surface area contributed by atoms with Crippen molar-refractivity contribution in [3.8, 4) is 0 Å². The zero-order chi connectivity index (χ0) is 10.8. The van der Waals surface area contributed by atoms with Crippen molar-refractivity contribution in [3.63, 3.8) is 0 Å². The summed E-state index contributed by atoms with van der Waals surface area (Å²) >= 11 is 0. The van der Waals surface area contributed by atoms with Crippen molar-refractivity contribution < 1.29 is 4.74 Å². The maximum absolute atomic E-state index is 5.92. The summed E-state index contributed by atoms with van der Waals surface area (Å²) < 4.78 is 7.62. The second-order valence-electron chi connectivity index (χ2n) is 4.30. The van der Waals surface area contributed by atoms with E-state index in [-0.39, 0.29) is 12.1 Å². The summed E-state index contributed by atoms with van der Waals surface area (Å²) in [5, 5.41) is 8.28. The zero-order valence-corrected chi connectivity index (χ0v) is 9.31. The Morgan fingerprint density at radius 1 is 1.53 bits per heavy atom. The van der Waals surface area contributed by atoms with Crippen molar-refractivity contribution in [1.29, 1.82) is 0 Å². The molecule has 2 N–H and O–H groups in total. The van der Waals surface area contributed by atoms with Crippen molar-refractivity contribution in [3.05, 3.63) is 11.6 Å². The number of ether oxygens (including phenoxy) is 1. The number of hydrogen-bond donors (Lipinski definition) is 1. The summed E-state index contributed by atoms with van der Waals surface area (Å²) in [7, 11) is 0. The Morgan fingerprint density at radius 3 is 3.07 bits per heavy atom. The number of aromatic nitrogens is 3. The van der Waals surface area contributed by atoms with Crippen LogP contribution in [0, 0.1) is 0 Å². The van der Waals surface area contributed by atoms with Gasteiger partial charge in [0.1, 0.15) is 12.4 Å². The molecular formula is C10H18N4O. The van der Waals surface area contributed by atoms with Crippen LogP contribution >= 0.6 is 0 Å². The van der Waals surface area contributed by atoms with Gasteiger partial charge in [0.2, 0.25) is 0 Å². The van der Waals surface area contributed by atoms with Crippen LogP contribution in [-0.4, -0.2) is 26.9 Å². The normalized spacial score (nSPS) is 20.7. The van der Waals surface area contributed by atoms with Crippen molar-refractivity contribution in [2.45, 2.75) is 52.0 Å². The van der Waals surface area contributed by atoms with Gasteiger partial charge in [-0.05, 0) is 20.3 Å². The van der Waals surface area contributed by atoms with Gasteiger partial charge >= 0.3 is 0 Å². The summed E-state index contributed by atoms with van der Waals surface area (Å²) in [5.41, 5.74) is 5.92. The Kier molecular flexibility index (Phi) is 3.02. The molecule has 1 unspecified atom stereocenters. The van der Waals surface area contributed by atoms with Gasteiger partial charge in [-0.1, -0.05) is 0 Å². The molecular weight excluding hydrogens is 192 g/mol. The molecule has 0 bridgehead atoms. The minimum Gasteiger partial charge on any atom is -0.371 e. The number of nitrogens with zero attached hydrogens (tertiary/aromatic N) is 3. The Bertz CT molecular complexity index is 334. The molecule has 0 aliphatic carbocycles. The van der Waals surface area contributed by atoms with E-state index in [0.717, 1.165) is 31.0 Å². The largest absolute Gasteiger partial charge is 0.371 e. The molecule has 1 aliphatic heterocycles. The van der Waals surface area contributed by atoms with Gasteiger partial charge in [0.15, 0.2) is 5.82 Å². The fourth-order valence-corrected chi connectivity index (χ4v) is 1.76.